The van der Waals surface area contributed by atoms with E-state index < -0.39 is 0 Å². The van der Waals surface area contributed by atoms with Gasteiger partial charge in [0.1, 0.15) is 5.82 Å². The number of carbonyl (C=O) groups excluding carboxylic acids is 1. The molecule has 1 fully saturated rings. The molecule has 18 heavy (non-hydrogen) atoms. The number of aromatic nitrogens is 2. The van der Waals surface area contributed by atoms with E-state index in [9.17, 15) is 4.79 Å². The monoisotopic (exact) mass is 248 g/mol. The summed E-state index contributed by atoms with van der Waals surface area (Å²) in [7, 11) is 1.84. The van der Waals surface area contributed by atoms with Crippen molar-refractivity contribution in [3.8, 4) is 0 Å². The molecule has 0 radical (unpaired) electrons. The standard InChI is InChI=1S/C13H20N4O/c1-4-14-12-8-7-11(15-16-12)13(18)17(3)9(2)10-5-6-10/h7-10H,4-6H2,1-3H3,(H,14,16). The van der Waals surface area contributed by atoms with E-state index in [1.165, 1.54) is 12.8 Å². The van der Waals surface area contributed by atoms with Crippen LogP contribution in [0.25, 0.3) is 0 Å². The summed E-state index contributed by atoms with van der Waals surface area (Å²) in [5.74, 6) is 1.31. The van der Waals surface area contributed by atoms with Crippen molar-refractivity contribution in [1.82, 2.24) is 15.1 Å². The first-order chi connectivity index (χ1) is 8.63. The first-order valence-corrected chi connectivity index (χ1v) is 6.48. The van der Waals surface area contributed by atoms with Crippen molar-refractivity contribution in [2.45, 2.75) is 32.7 Å². The van der Waals surface area contributed by atoms with Crippen LogP contribution < -0.4 is 5.32 Å². The van der Waals surface area contributed by atoms with Crippen LogP contribution in [0.3, 0.4) is 0 Å². The number of nitrogens with one attached hydrogen (secondary N) is 1. The lowest BCUT2D eigenvalue weighted by molar-refractivity contribution is 0.0720. The van der Waals surface area contributed by atoms with Gasteiger partial charge in [0, 0.05) is 19.6 Å². The van der Waals surface area contributed by atoms with Crippen molar-refractivity contribution in [3.05, 3.63) is 17.8 Å². The molecule has 1 aromatic heterocycles. The van der Waals surface area contributed by atoms with Crippen molar-refractivity contribution >= 4 is 11.7 Å². The van der Waals surface area contributed by atoms with Crippen molar-refractivity contribution in [3.63, 3.8) is 0 Å². The largest absolute Gasteiger partial charge is 0.369 e. The van der Waals surface area contributed by atoms with Crippen LogP contribution in [0.15, 0.2) is 12.1 Å². The normalized spacial score (nSPS) is 16.2. The molecule has 98 valence electrons. The molecular formula is C13H20N4O. The molecule has 1 unspecified atom stereocenters. The Hall–Kier alpha value is -1.65. The van der Waals surface area contributed by atoms with E-state index in [0.717, 1.165) is 6.54 Å². The van der Waals surface area contributed by atoms with Crippen LogP contribution in [-0.4, -0.2) is 40.6 Å². The zero-order valence-corrected chi connectivity index (χ0v) is 11.2. The maximum absolute atomic E-state index is 12.2. The van der Waals surface area contributed by atoms with E-state index in [4.69, 9.17) is 0 Å². The Bertz CT molecular complexity index is 414. The zero-order valence-electron chi connectivity index (χ0n) is 11.2. The molecule has 1 aliphatic carbocycles. The van der Waals surface area contributed by atoms with Gasteiger partial charge in [0.05, 0.1) is 0 Å². The SMILES string of the molecule is CCNc1ccc(C(=O)N(C)C(C)C2CC2)nn1. The Kier molecular flexibility index (Phi) is 3.79. The molecule has 0 aliphatic heterocycles. The highest BCUT2D eigenvalue weighted by Crippen LogP contribution is 2.34. The third-order valence-electron chi connectivity index (χ3n) is 3.48. The van der Waals surface area contributed by atoms with Crippen LogP contribution in [0, 0.1) is 5.92 Å². The number of nitrogens with zero attached hydrogens (tertiary/aromatic N) is 3. The molecule has 1 aliphatic rings. The van der Waals surface area contributed by atoms with Gasteiger partial charge in [0.2, 0.25) is 0 Å². The van der Waals surface area contributed by atoms with Crippen LogP contribution in [0.4, 0.5) is 5.82 Å². The number of anilines is 1. The van der Waals surface area contributed by atoms with Gasteiger partial charge < -0.3 is 10.2 Å². The average molecular weight is 248 g/mol. The average Bonchev–Trinajstić information content (AvgIpc) is 3.22. The second-order valence-electron chi connectivity index (χ2n) is 4.83. The van der Waals surface area contributed by atoms with Gasteiger partial charge in [0.15, 0.2) is 5.69 Å². The summed E-state index contributed by atoms with van der Waals surface area (Å²) in [6, 6.07) is 3.80. The van der Waals surface area contributed by atoms with Crippen LogP contribution >= 0.6 is 0 Å². The summed E-state index contributed by atoms with van der Waals surface area (Å²) in [4.78, 5) is 14.0. The first kappa shape index (κ1) is 12.8. The van der Waals surface area contributed by atoms with Crippen LogP contribution in [0.5, 0.6) is 0 Å². The fraction of sp³-hybridized carbons (Fsp3) is 0.615. The molecule has 1 atom stereocenters. The lowest BCUT2D eigenvalue weighted by Gasteiger charge is -2.24. The Morgan fingerprint density at radius 3 is 2.72 bits per heavy atom. The molecule has 1 amide bonds. The second-order valence-corrected chi connectivity index (χ2v) is 4.83. The van der Waals surface area contributed by atoms with Crippen LogP contribution in [0.2, 0.25) is 0 Å². The molecule has 5 heteroatoms. The minimum absolute atomic E-state index is 0.0510. The topological polar surface area (TPSA) is 58.1 Å². The van der Waals surface area contributed by atoms with Crippen LogP contribution in [-0.2, 0) is 0 Å². The fourth-order valence-corrected chi connectivity index (χ4v) is 1.98. The molecule has 2 rings (SSSR count). The summed E-state index contributed by atoms with van der Waals surface area (Å²) in [6.45, 7) is 4.88. The highest BCUT2D eigenvalue weighted by molar-refractivity contribution is 5.92. The van der Waals surface area contributed by atoms with E-state index in [1.54, 1.807) is 17.0 Å². The van der Waals surface area contributed by atoms with Gasteiger partial charge in [-0.1, -0.05) is 0 Å². The molecule has 0 aromatic carbocycles. The molecule has 1 N–H and O–H groups in total. The molecule has 5 nitrogen and oxygen atoms in total. The summed E-state index contributed by atoms with van der Waals surface area (Å²) < 4.78 is 0. The minimum atomic E-state index is -0.0510. The number of hydrogen-bond donors (Lipinski definition) is 1. The van der Waals surface area contributed by atoms with Crippen molar-refractivity contribution < 1.29 is 4.79 Å². The summed E-state index contributed by atoms with van der Waals surface area (Å²) in [5.41, 5.74) is 0.409. The van der Waals surface area contributed by atoms with Gasteiger partial charge in [-0.2, -0.15) is 0 Å². The highest BCUT2D eigenvalue weighted by atomic mass is 16.2. The lowest BCUT2D eigenvalue weighted by Crippen LogP contribution is -2.37. The third kappa shape index (κ3) is 2.78. The van der Waals surface area contributed by atoms with E-state index in [0.29, 0.717) is 17.4 Å². The van der Waals surface area contributed by atoms with E-state index in [2.05, 4.69) is 22.4 Å². The predicted molar refractivity (Wildman–Crippen MR) is 70.5 cm³/mol. The van der Waals surface area contributed by atoms with Gasteiger partial charge in [-0.3, -0.25) is 4.79 Å². The quantitative estimate of drug-likeness (QED) is 0.863. The van der Waals surface area contributed by atoms with E-state index >= 15 is 0 Å². The summed E-state index contributed by atoms with van der Waals surface area (Å²) in [6.07, 6.45) is 2.45. The number of rotatable bonds is 5. The van der Waals surface area contributed by atoms with Gasteiger partial charge in [-0.15, -0.1) is 10.2 Å². The third-order valence-corrected chi connectivity index (χ3v) is 3.48. The Balaban J connectivity index is 2.03. The number of amides is 1. The number of hydrogen-bond acceptors (Lipinski definition) is 4. The molecule has 1 heterocycles. The fourth-order valence-electron chi connectivity index (χ4n) is 1.98. The zero-order chi connectivity index (χ0) is 13.1. The predicted octanol–water partition coefficient (Wildman–Crippen LogP) is 1.78. The Morgan fingerprint density at radius 2 is 2.22 bits per heavy atom. The van der Waals surface area contributed by atoms with Crippen molar-refractivity contribution in [2.75, 3.05) is 18.9 Å². The van der Waals surface area contributed by atoms with Crippen LogP contribution in [0.1, 0.15) is 37.2 Å². The molecule has 0 spiro atoms. The lowest BCUT2D eigenvalue weighted by atomic mass is 10.2. The van der Waals surface area contributed by atoms with E-state index in [-0.39, 0.29) is 11.9 Å². The molecule has 0 bridgehead atoms. The maximum Gasteiger partial charge on any atom is 0.274 e. The van der Waals surface area contributed by atoms with Gasteiger partial charge in [-0.25, -0.2) is 0 Å². The smallest absolute Gasteiger partial charge is 0.274 e. The maximum atomic E-state index is 12.2. The van der Waals surface area contributed by atoms with Gasteiger partial charge in [0.25, 0.3) is 5.91 Å². The molecule has 0 saturated heterocycles. The molecular weight excluding hydrogens is 228 g/mol. The highest BCUT2D eigenvalue weighted by Gasteiger charge is 2.33. The Labute approximate surface area is 108 Å². The number of carbonyl (C=O) groups is 1. The first-order valence-electron chi connectivity index (χ1n) is 6.48. The second kappa shape index (κ2) is 5.33. The van der Waals surface area contributed by atoms with E-state index in [1.807, 2.05) is 14.0 Å². The summed E-state index contributed by atoms with van der Waals surface area (Å²) >= 11 is 0. The molecule has 1 saturated carbocycles. The summed E-state index contributed by atoms with van der Waals surface area (Å²) in [5, 5.41) is 11.0. The molecule has 1 aromatic rings. The minimum Gasteiger partial charge on any atom is -0.369 e. The van der Waals surface area contributed by atoms with Crippen molar-refractivity contribution in [2.24, 2.45) is 5.92 Å². The Morgan fingerprint density at radius 1 is 1.50 bits per heavy atom. The van der Waals surface area contributed by atoms with Crippen molar-refractivity contribution in [1.29, 1.82) is 0 Å². The van der Waals surface area contributed by atoms with Gasteiger partial charge in [-0.05, 0) is 44.7 Å². The van der Waals surface area contributed by atoms with Gasteiger partial charge >= 0.3 is 0 Å².